The Morgan fingerprint density at radius 2 is 2.50 bits per heavy atom. The van der Waals surface area contributed by atoms with Crippen LogP contribution in [0.1, 0.15) is 11.2 Å². The second-order valence-corrected chi connectivity index (χ2v) is 2.18. The molecule has 1 aromatic heterocycles. The Bertz CT molecular complexity index is 354. The van der Waals surface area contributed by atoms with E-state index in [1.165, 1.54) is 12.1 Å². The zero-order valence-corrected chi connectivity index (χ0v) is 6.81. The predicted octanol–water partition coefficient (Wildman–Crippen LogP) is 2.17. The highest BCUT2D eigenvalue weighted by atomic mass is 35.5. The summed E-state index contributed by atoms with van der Waals surface area (Å²) < 4.78 is 44.7. The van der Waals surface area contributed by atoms with Crippen molar-refractivity contribution in [3.63, 3.8) is 0 Å². The Morgan fingerprint density at radius 3 is 3.00 bits per heavy atom. The van der Waals surface area contributed by atoms with E-state index in [0.29, 0.717) is 5.69 Å². The molecule has 0 unspecified atom stereocenters. The Labute approximate surface area is 80.9 Å². The number of pyridine rings is 1. The van der Waals surface area contributed by atoms with Gasteiger partial charge in [-0.3, -0.25) is 4.98 Å². The van der Waals surface area contributed by atoms with Crippen LogP contribution in [-0.4, -0.2) is 18.2 Å². The minimum absolute atomic E-state index is 0.0691. The lowest BCUT2D eigenvalue weighted by Gasteiger charge is -2.02. The highest BCUT2D eigenvalue weighted by Gasteiger charge is 1.94. The molecular formula is C8H9ClFNO. The topological polar surface area (TPSA) is 22.1 Å². The van der Waals surface area contributed by atoms with Crippen LogP contribution in [0.5, 0.6) is 5.75 Å². The van der Waals surface area contributed by atoms with Crippen molar-refractivity contribution >= 4 is 11.6 Å². The van der Waals surface area contributed by atoms with Crippen molar-refractivity contribution in [2.45, 2.75) is 5.88 Å². The van der Waals surface area contributed by atoms with E-state index >= 15 is 0 Å². The smallest absolute Gasteiger partial charge is 0.137 e. The number of hydrogen-bond donors (Lipinski definition) is 0. The van der Waals surface area contributed by atoms with Gasteiger partial charge in [-0.15, -0.1) is 11.6 Å². The zero-order chi connectivity index (χ0) is 12.4. The summed E-state index contributed by atoms with van der Waals surface area (Å²) in [5.41, 5.74) is 0.554. The molecule has 0 spiro atoms. The summed E-state index contributed by atoms with van der Waals surface area (Å²) in [4.78, 5) is 3.79. The van der Waals surface area contributed by atoms with Crippen molar-refractivity contribution in [3.05, 3.63) is 24.0 Å². The van der Waals surface area contributed by atoms with Gasteiger partial charge < -0.3 is 4.74 Å². The minimum Gasteiger partial charge on any atom is -0.489 e. The number of hydrogen-bond acceptors (Lipinski definition) is 2. The maximum atomic E-state index is 12.8. The molecule has 0 radical (unpaired) electrons. The first-order chi connectivity index (χ1) is 7.26. The Morgan fingerprint density at radius 1 is 1.67 bits per heavy atom. The van der Waals surface area contributed by atoms with E-state index in [1.54, 1.807) is 0 Å². The second kappa shape index (κ2) is 4.93. The number of alkyl halides is 2. The van der Waals surface area contributed by atoms with Gasteiger partial charge in [0.1, 0.15) is 18.9 Å². The SMILES string of the molecule is [2H]C([2H])(F)C([2H])([2H])Oc1ccc(CCl)nc1. The standard InChI is InChI=1S/C8H9ClFNO/c9-5-7-1-2-8(6-11-7)12-4-3-10/h1-2,6H,3-5H2/i3D2,4D2. The van der Waals surface area contributed by atoms with Gasteiger partial charge in [0.15, 0.2) is 0 Å². The molecule has 0 amide bonds. The van der Waals surface area contributed by atoms with Crippen LogP contribution in [0.25, 0.3) is 0 Å². The summed E-state index contributed by atoms with van der Waals surface area (Å²) in [6.07, 6.45) is 1.15. The fourth-order valence-electron chi connectivity index (χ4n) is 0.629. The maximum absolute atomic E-state index is 12.8. The van der Waals surface area contributed by atoms with Crippen LogP contribution in [0.3, 0.4) is 0 Å². The van der Waals surface area contributed by atoms with E-state index in [1.807, 2.05) is 0 Å². The lowest BCUT2D eigenvalue weighted by atomic mass is 10.4. The van der Waals surface area contributed by atoms with E-state index in [-0.39, 0.29) is 11.6 Å². The largest absolute Gasteiger partial charge is 0.489 e. The number of ether oxygens (including phenoxy) is 1. The van der Waals surface area contributed by atoms with Crippen LogP contribution >= 0.6 is 11.6 Å². The fourth-order valence-corrected chi connectivity index (χ4v) is 0.787. The van der Waals surface area contributed by atoms with Gasteiger partial charge in [0.25, 0.3) is 0 Å². The molecule has 1 aromatic rings. The van der Waals surface area contributed by atoms with E-state index in [4.69, 9.17) is 17.1 Å². The van der Waals surface area contributed by atoms with E-state index in [9.17, 15) is 4.39 Å². The summed E-state index contributed by atoms with van der Waals surface area (Å²) in [5.74, 6) is 0.122. The number of halogens is 2. The minimum atomic E-state index is -3.60. The molecule has 12 heavy (non-hydrogen) atoms. The molecule has 0 aliphatic heterocycles. The van der Waals surface area contributed by atoms with Crippen LogP contribution < -0.4 is 4.74 Å². The molecule has 0 aromatic carbocycles. The van der Waals surface area contributed by atoms with Gasteiger partial charge in [-0.2, -0.15) is 0 Å². The second-order valence-electron chi connectivity index (χ2n) is 1.92. The molecule has 0 aliphatic rings. The monoisotopic (exact) mass is 193 g/mol. The average molecular weight is 194 g/mol. The quantitative estimate of drug-likeness (QED) is 0.684. The lowest BCUT2D eigenvalue weighted by Crippen LogP contribution is -1.99. The number of nitrogens with zero attached hydrogens (tertiary/aromatic N) is 1. The van der Waals surface area contributed by atoms with Crippen molar-refractivity contribution in [2.75, 3.05) is 13.2 Å². The summed E-state index contributed by atoms with van der Waals surface area (Å²) in [6.45, 7) is -6.67. The third kappa shape index (κ3) is 2.66. The van der Waals surface area contributed by atoms with Crippen molar-refractivity contribution in [3.8, 4) is 5.75 Å². The van der Waals surface area contributed by atoms with Crippen LogP contribution in [-0.2, 0) is 5.88 Å². The Kier molecular flexibility index (Phi) is 2.06. The molecule has 0 N–H and O–H groups in total. The predicted molar refractivity (Wildman–Crippen MR) is 45.3 cm³/mol. The van der Waals surface area contributed by atoms with E-state index < -0.39 is 13.2 Å². The molecule has 66 valence electrons. The number of aromatic nitrogens is 1. The highest BCUT2D eigenvalue weighted by molar-refractivity contribution is 6.16. The molecule has 2 nitrogen and oxygen atoms in total. The summed E-state index contributed by atoms with van der Waals surface area (Å²) in [5, 5.41) is 0. The fraction of sp³-hybridized carbons (Fsp3) is 0.375. The molecule has 1 rings (SSSR count). The maximum Gasteiger partial charge on any atom is 0.137 e. The zero-order valence-electron chi connectivity index (χ0n) is 10.1. The summed E-state index contributed by atoms with van der Waals surface area (Å²) >= 11 is 5.49. The molecule has 0 atom stereocenters. The van der Waals surface area contributed by atoms with Crippen LogP contribution in [0.2, 0.25) is 0 Å². The molecule has 0 saturated heterocycles. The highest BCUT2D eigenvalue weighted by Crippen LogP contribution is 2.09. The van der Waals surface area contributed by atoms with Gasteiger partial charge in [-0.25, -0.2) is 4.39 Å². The van der Waals surface area contributed by atoms with Gasteiger partial charge in [-0.1, -0.05) is 0 Å². The molecular weight excluding hydrogens is 181 g/mol. The third-order valence-electron chi connectivity index (χ3n) is 1.14. The van der Waals surface area contributed by atoms with E-state index in [2.05, 4.69) is 9.72 Å². The molecule has 0 bridgehead atoms. The van der Waals surface area contributed by atoms with Gasteiger partial charge in [0.05, 0.1) is 23.3 Å². The third-order valence-corrected chi connectivity index (χ3v) is 1.42. The van der Waals surface area contributed by atoms with E-state index in [0.717, 1.165) is 6.20 Å². The molecule has 0 fully saturated rings. The number of rotatable bonds is 4. The molecule has 0 aliphatic carbocycles. The molecule has 0 saturated carbocycles. The van der Waals surface area contributed by atoms with Gasteiger partial charge in [0.2, 0.25) is 0 Å². The average Bonchev–Trinajstić information content (AvgIpc) is 2.16. The van der Waals surface area contributed by atoms with Crippen LogP contribution in [0.15, 0.2) is 18.3 Å². The van der Waals surface area contributed by atoms with Crippen LogP contribution in [0.4, 0.5) is 4.39 Å². The van der Waals surface area contributed by atoms with Crippen LogP contribution in [0, 0.1) is 0 Å². The summed E-state index contributed by atoms with van der Waals surface area (Å²) in [6, 6.07) is 2.82. The lowest BCUT2D eigenvalue weighted by molar-refractivity contribution is 0.272. The van der Waals surface area contributed by atoms with Crippen molar-refractivity contribution in [2.24, 2.45) is 0 Å². The first-order valence-corrected chi connectivity index (χ1v) is 3.68. The van der Waals surface area contributed by atoms with Gasteiger partial charge >= 0.3 is 0 Å². The normalized spacial score (nSPS) is 17.2. The Hall–Kier alpha value is -0.830. The van der Waals surface area contributed by atoms with Gasteiger partial charge in [0, 0.05) is 0 Å². The van der Waals surface area contributed by atoms with Crippen molar-refractivity contribution < 1.29 is 14.6 Å². The van der Waals surface area contributed by atoms with Crippen molar-refractivity contribution in [1.29, 1.82) is 0 Å². The van der Waals surface area contributed by atoms with Gasteiger partial charge in [-0.05, 0) is 12.1 Å². The first-order valence-electron chi connectivity index (χ1n) is 5.15. The molecule has 4 heteroatoms. The summed E-state index contributed by atoms with van der Waals surface area (Å²) in [7, 11) is 0. The van der Waals surface area contributed by atoms with Crippen molar-refractivity contribution in [1.82, 2.24) is 4.98 Å². The molecule has 1 heterocycles. The first kappa shape index (κ1) is 5.02. The Balaban J connectivity index is 2.80.